The molecule has 0 fully saturated rings. The Morgan fingerprint density at radius 2 is 2.11 bits per heavy atom. The van der Waals surface area contributed by atoms with E-state index in [1.54, 1.807) is 26.4 Å². The molecule has 2 unspecified atom stereocenters. The van der Waals surface area contributed by atoms with Crippen molar-refractivity contribution in [1.29, 1.82) is 0 Å². The first-order chi connectivity index (χ1) is 8.58. The van der Waals surface area contributed by atoms with Crippen LogP contribution in [0.1, 0.15) is 18.5 Å². The van der Waals surface area contributed by atoms with Crippen molar-refractivity contribution in [2.24, 2.45) is 0 Å². The third-order valence-electron chi connectivity index (χ3n) is 2.78. The minimum Gasteiger partial charge on any atom is -0.382 e. The number of hydrogen-bond donors (Lipinski definition) is 1. The number of methoxy groups -OCH3 is 2. The van der Waals surface area contributed by atoms with Gasteiger partial charge in [-0.1, -0.05) is 17.7 Å². The smallest absolute Gasteiger partial charge is 0.142 e. The lowest BCUT2D eigenvalue weighted by Crippen LogP contribution is -2.33. The summed E-state index contributed by atoms with van der Waals surface area (Å²) in [6.45, 7) is 3.11. The van der Waals surface area contributed by atoms with E-state index >= 15 is 0 Å². The maximum absolute atomic E-state index is 13.3. The molecule has 1 N–H and O–H groups in total. The van der Waals surface area contributed by atoms with Crippen molar-refractivity contribution in [2.75, 3.05) is 27.4 Å². The Bertz CT molecular complexity index is 376. The van der Waals surface area contributed by atoms with Crippen molar-refractivity contribution >= 4 is 11.6 Å². The first-order valence-electron chi connectivity index (χ1n) is 5.78. The standard InChI is InChI=1S/C13H19ClFNO2/c1-9(16-7-11(18-3)8-17-2)10-4-5-12(14)13(15)6-10/h4-6,9,11,16H,7-8H2,1-3H3. The van der Waals surface area contributed by atoms with Crippen molar-refractivity contribution < 1.29 is 13.9 Å². The zero-order chi connectivity index (χ0) is 13.5. The second kappa shape index (κ2) is 7.69. The van der Waals surface area contributed by atoms with Crippen LogP contribution in [0.4, 0.5) is 4.39 Å². The Morgan fingerprint density at radius 1 is 1.39 bits per heavy atom. The molecule has 2 atom stereocenters. The molecule has 0 aliphatic rings. The fourth-order valence-corrected chi connectivity index (χ4v) is 1.72. The fraction of sp³-hybridized carbons (Fsp3) is 0.538. The molecule has 3 nitrogen and oxygen atoms in total. The first-order valence-corrected chi connectivity index (χ1v) is 6.16. The van der Waals surface area contributed by atoms with E-state index in [0.29, 0.717) is 13.2 Å². The van der Waals surface area contributed by atoms with Gasteiger partial charge >= 0.3 is 0 Å². The van der Waals surface area contributed by atoms with Crippen LogP contribution in [0.25, 0.3) is 0 Å². The van der Waals surface area contributed by atoms with Gasteiger partial charge in [0.1, 0.15) is 5.82 Å². The molecule has 0 radical (unpaired) electrons. The summed E-state index contributed by atoms with van der Waals surface area (Å²) in [6.07, 6.45) is -0.0189. The Labute approximate surface area is 112 Å². The predicted molar refractivity (Wildman–Crippen MR) is 70.5 cm³/mol. The van der Waals surface area contributed by atoms with Crippen molar-refractivity contribution in [3.8, 4) is 0 Å². The average molecular weight is 276 g/mol. The van der Waals surface area contributed by atoms with E-state index in [-0.39, 0.29) is 17.2 Å². The van der Waals surface area contributed by atoms with Crippen molar-refractivity contribution in [3.63, 3.8) is 0 Å². The van der Waals surface area contributed by atoms with Crippen molar-refractivity contribution in [2.45, 2.75) is 19.1 Å². The van der Waals surface area contributed by atoms with Gasteiger partial charge < -0.3 is 14.8 Å². The summed E-state index contributed by atoms with van der Waals surface area (Å²) < 4.78 is 23.6. The third-order valence-corrected chi connectivity index (χ3v) is 3.09. The SMILES string of the molecule is COCC(CNC(C)c1ccc(Cl)c(F)c1)OC. The van der Waals surface area contributed by atoms with Gasteiger partial charge in [0, 0.05) is 26.8 Å². The van der Waals surface area contributed by atoms with Gasteiger partial charge in [0.2, 0.25) is 0 Å². The molecule has 0 aromatic heterocycles. The molecule has 0 saturated carbocycles. The quantitative estimate of drug-likeness (QED) is 0.830. The third kappa shape index (κ3) is 4.53. The summed E-state index contributed by atoms with van der Waals surface area (Å²) in [5.41, 5.74) is 0.851. The highest BCUT2D eigenvalue weighted by atomic mass is 35.5. The summed E-state index contributed by atoms with van der Waals surface area (Å²) in [5.74, 6) is -0.400. The van der Waals surface area contributed by atoms with Crippen LogP contribution in [-0.2, 0) is 9.47 Å². The van der Waals surface area contributed by atoms with Gasteiger partial charge in [0.15, 0.2) is 0 Å². The van der Waals surface area contributed by atoms with Crippen LogP contribution in [0.5, 0.6) is 0 Å². The highest BCUT2D eigenvalue weighted by Gasteiger charge is 2.11. The van der Waals surface area contributed by atoms with Crippen LogP contribution in [0, 0.1) is 5.82 Å². The van der Waals surface area contributed by atoms with Gasteiger partial charge in [-0.2, -0.15) is 0 Å². The van der Waals surface area contributed by atoms with Crippen molar-refractivity contribution in [1.82, 2.24) is 5.32 Å². The molecule has 5 heteroatoms. The van der Waals surface area contributed by atoms with Crippen LogP contribution in [0.3, 0.4) is 0 Å². The predicted octanol–water partition coefficient (Wildman–Crippen LogP) is 2.79. The summed E-state index contributed by atoms with van der Waals surface area (Å²) >= 11 is 5.64. The Morgan fingerprint density at radius 3 is 2.67 bits per heavy atom. The minimum atomic E-state index is -0.400. The molecule has 0 amide bonds. The van der Waals surface area contributed by atoms with Gasteiger partial charge in [0.05, 0.1) is 17.7 Å². The molecule has 0 bridgehead atoms. The molecule has 0 aliphatic heterocycles. The number of ether oxygens (including phenoxy) is 2. The van der Waals surface area contributed by atoms with Crippen LogP contribution < -0.4 is 5.32 Å². The molecule has 1 aromatic rings. The molecule has 0 saturated heterocycles. The molecule has 1 aromatic carbocycles. The number of hydrogen-bond acceptors (Lipinski definition) is 3. The van der Waals surface area contributed by atoms with E-state index in [2.05, 4.69) is 5.32 Å². The normalized spacial score (nSPS) is 14.5. The molecule has 102 valence electrons. The monoisotopic (exact) mass is 275 g/mol. The van der Waals surface area contributed by atoms with Crippen molar-refractivity contribution in [3.05, 3.63) is 34.6 Å². The summed E-state index contributed by atoms with van der Waals surface area (Å²) in [5, 5.41) is 3.41. The summed E-state index contributed by atoms with van der Waals surface area (Å²) in [6, 6.07) is 4.83. The molecule has 1 rings (SSSR count). The van der Waals surface area contributed by atoms with E-state index < -0.39 is 5.82 Å². The number of halogens is 2. The summed E-state index contributed by atoms with van der Waals surface area (Å²) in [7, 11) is 3.27. The maximum atomic E-state index is 13.3. The molecule has 0 heterocycles. The average Bonchev–Trinajstić information content (AvgIpc) is 2.37. The Kier molecular flexibility index (Phi) is 6.57. The van der Waals surface area contributed by atoms with Gasteiger partial charge in [0.25, 0.3) is 0 Å². The molecular weight excluding hydrogens is 257 g/mol. The molecule has 18 heavy (non-hydrogen) atoms. The fourth-order valence-electron chi connectivity index (χ4n) is 1.60. The van der Waals surface area contributed by atoms with Gasteiger partial charge in [-0.15, -0.1) is 0 Å². The Hall–Kier alpha value is -0.680. The van der Waals surface area contributed by atoms with E-state index in [1.807, 2.05) is 6.92 Å². The van der Waals surface area contributed by atoms with E-state index in [4.69, 9.17) is 21.1 Å². The first kappa shape index (κ1) is 15.4. The largest absolute Gasteiger partial charge is 0.382 e. The highest BCUT2D eigenvalue weighted by molar-refractivity contribution is 6.30. The van der Waals surface area contributed by atoms with E-state index in [9.17, 15) is 4.39 Å². The zero-order valence-corrected chi connectivity index (χ0v) is 11.6. The number of benzene rings is 1. The van der Waals surface area contributed by atoms with Crippen LogP contribution >= 0.6 is 11.6 Å². The van der Waals surface area contributed by atoms with Gasteiger partial charge in [-0.05, 0) is 24.6 Å². The highest BCUT2D eigenvalue weighted by Crippen LogP contribution is 2.20. The van der Waals surface area contributed by atoms with Crippen LogP contribution in [-0.4, -0.2) is 33.5 Å². The van der Waals surface area contributed by atoms with E-state index in [0.717, 1.165) is 5.56 Å². The molecule has 0 aliphatic carbocycles. The lowest BCUT2D eigenvalue weighted by Gasteiger charge is -2.19. The lowest BCUT2D eigenvalue weighted by molar-refractivity contribution is 0.0276. The molecule has 0 spiro atoms. The number of rotatable bonds is 7. The van der Waals surface area contributed by atoms with Crippen LogP contribution in [0.2, 0.25) is 5.02 Å². The maximum Gasteiger partial charge on any atom is 0.142 e. The van der Waals surface area contributed by atoms with E-state index in [1.165, 1.54) is 6.07 Å². The van der Waals surface area contributed by atoms with Gasteiger partial charge in [-0.3, -0.25) is 0 Å². The minimum absolute atomic E-state index is 0.0189. The Balaban J connectivity index is 2.53. The topological polar surface area (TPSA) is 30.5 Å². The molecular formula is C13H19ClFNO2. The zero-order valence-electron chi connectivity index (χ0n) is 10.9. The van der Waals surface area contributed by atoms with Crippen LogP contribution in [0.15, 0.2) is 18.2 Å². The second-order valence-electron chi connectivity index (χ2n) is 4.12. The number of nitrogens with one attached hydrogen (secondary N) is 1. The lowest BCUT2D eigenvalue weighted by atomic mass is 10.1. The summed E-state index contributed by atoms with van der Waals surface area (Å²) in [4.78, 5) is 0. The second-order valence-corrected chi connectivity index (χ2v) is 4.52. The van der Waals surface area contributed by atoms with Gasteiger partial charge in [-0.25, -0.2) is 4.39 Å².